The van der Waals surface area contributed by atoms with E-state index in [1.54, 1.807) is 19.2 Å². The third kappa shape index (κ3) is 3.66. The van der Waals surface area contributed by atoms with E-state index in [1.807, 2.05) is 32.0 Å². The van der Waals surface area contributed by atoms with Crippen LogP contribution in [0.5, 0.6) is 5.75 Å². The largest absolute Gasteiger partial charge is 0.496 e. The second kappa shape index (κ2) is 6.91. The number of anilines is 1. The van der Waals surface area contributed by atoms with Crippen LogP contribution in [0.4, 0.5) is 11.4 Å². The Morgan fingerprint density at radius 3 is 2.61 bits per heavy atom. The van der Waals surface area contributed by atoms with Crippen molar-refractivity contribution < 1.29 is 14.5 Å². The zero-order valence-corrected chi connectivity index (χ0v) is 13.2. The Labute approximate surface area is 134 Å². The summed E-state index contributed by atoms with van der Waals surface area (Å²) in [5.41, 5.74) is 2.47. The average molecular weight is 314 g/mol. The number of rotatable bonds is 6. The van der Waals surface area contributed by atoms with Crippen LogP contribution in [-0.2, 0) is 0 Å². The minimum atomic E-state index is -0.504. The monoisotopic (exact) mass is 314 g/mol. The molecule has 0 fully saturated rings. The number of aldehydes is 1. The van der Waals surface area contributed by atoms with E-state index >= 15 is 0 Å². The first kappa shape index (κ1) is 16.5. The molecule has 2 aromatic rings. The lowest BCUT2D eigenvalue weighted by molar-refractivity contribution is -0.384. The van der Waals surface area contributed by atoms with Gasteiger partial charge in [-0.3, -0.25) is 14.9 Å². The maximum absolute atomic E-state index is 11.2. The first-order chi connectivity index (χ1) is 11.0. The highest BCUT2D eigenvalue weighted by molar-refractivity contribution is 5.79. The molecular weight excluding hydrogens is 296 g/mol. The molecule has 0 saturated heterocycles. The van der Waals surface area contributed by atoms with Crippen molar-refractivity contribution in [3.05, 3.63) is 63.2 Å². The van der Waals surface area contributed by atoms with Crippen molar-refractivity contribution in [2.24, 2.45) is 0 Å². The number of nitrogens with zero attached hydrogens (tertiary/aromatic N) is 1. The molecule has 0 aromatic heterocycles. The predicted molar refractivity (Wildman–Crippen MR) is 88.3 cm³/mol. The minimum absolute atomic E-state index is 0.131. The predicted octanol–water partition coefficient (Wildman–Crippen LogP) is 3.90. The number of nitro benzene ring substituents is 1. The first-order valence-electron chi connectivity index (χ1n) is 7.11. The molecule has 0 bridgehead atoms. The molecule has 0 spiro atoms. The number of methoxy groups -OCH3 is 1. The van der Waals surface area contributed by atoms with Gasteiger partial charge in [-0.15, -0.1) is 0 Å². The van der Waals surface area contributed by atoms with Crippen molar-refractivity contribution in [1.82, 2.24) is 0 Å². The van der Waals surface area contributed by atoms with Gasteiger partial charge in [0.05, 0.1) is 18.1 Å². The van der Waals surface area contributed by atoms with E-state index < -0.39 is 4.92 Å². The van der Waals surface area contributed by atoms with Gasteiger partial charge in [0.1, 0.15) is 17.7 Å². The summed E-state index contributed by atoms with van der Waals surface area (Å²) >= 11 is 0. The fraction of sp³-hybridized carbons (Fsp3) is 0.235. The van der Waals surface area contributed by atoms with Crippen molar-refractivity contribution in [2.45, 2.75) is 19.9 Å². The zero-order valence-electron chi connectivity index (χ0n) is 13.2. The second-order valence-corrected chi connectivity index (χ2v) is 5.26. The normalized spacial score (nSPS) is 11.6. The quantitative estimate of drug-likeness (QED) is 0.497. The van der Waals surface area contributed by atoms with Crippen LogP contribution in [0.15, 0.2) is 36.4 Å². The smallest absolute Gasteiger partial charge is 0.293 e. The summed E-state index contributed by atoms with van der Waals surface area (Å²) < 4.78 is 5.35. The Hall–Kier alpha value is -2.89. The summed E-state index contributed by atoms with van der Waals surface area (Å²) in [4.78, 5) is 21.5. The van der Waals surface area contributed by atoms with Crippen molar-refractivity contribution in [3.8, 4) is 5.75 Å². The Morgan fingerprint density at radius 1 is 1.26 bits per heavy atom. The number of benzene rings is 2. The van der Waals surface area contributed by atoms with Crippen LogP contribution in [0.25, 0.3) is 0 Å². The third-order valence-electron chi connectivity index (χ3n) is 3.58. The summed E-state index contributed by atoms with van der Waals surface area (Å²) in [6, 6.07) is 9.93. The lowest BCUT2D eigenvalue weighted by atomic mass is 10.0. The molecule has 6 nitrogen and oxygen atoms in total. The van der Waals surface area contributed by atoms with Gasteiger partial charge in [0.2, 0.25) is 0 Å². The van der Waals surface area contributed by atoms with E-state index in [4.69, 9.17) is 4.74 Å². The molecule has 0 unspecified atom stereocenters. The molecule has 0 heterocycles. The number of ether oxygens (including phenoxy) is 1. The molecule has 0 aliphatic heterocycles. The van der Waals surface area contributed by atoms with Crippen LogP contribution >= 0.6 is 0 Å². The van der Waals surface area contributed by atoms with E-state index in [-0.39, 0.29) is 17.3 Å². The van der Waals surface area contributed by atoms with Gasteiger partial charge in [0.15, 0.2) is 0 Å². The highest BCUT2D eigenvalue weighted by Gasteiger charge is 2.18. The van der Waals surface area contributed by atoms with Crippen molar-refractivity contribution in [2.75, 3.05) is 12.4 Å². The van der Waals surface area contributed by atoms with Crippen molar-refractivity contribution >= 4 is 17.7 Å². The van der Waals surface area contributed by atoms with Gasteiger partial charge in [-0.2, -0.15) is 0 Å². The number of hydrogen-bond donors (Lipinski definition) is 1. The van der Waals surface area contributed by atoms with E-state index in [0.717, 1.165) is 11.1 Å². The summed E-state index contributed by atoms with van der Waals surface area (Å²) in [6.07, 6.45) is 0.587. The number of aryl methyl sites for hydroxylation is 1. The lowest BCUT2D eigenvalue weighted by Crippen LogP contribution is -2.10. The number of hydrogen-bond acceptors (Lipinski definition) is 5. The molecule has 1 N–H and O–H groups in total. The number of nitrogens with one attached hydrogen (secondary N) is 1. The van der Waals surface area contributed by atoms with Gasteiger partial charge in [-0.25, -0.2) is 0 Å². The molecule has 120 valence electrons. The fourth-order valence-electron chi connectivity index (χ4n) is 2.40. The Kier molecular flexibility index (Phi) is 4.95. The molecule has 6 heteroatoms. The minimum Gasteiger partial charge on any atom is -0.496 e. The molecule has 0 amide bonds. The number of nitro groups is 1. The van der Waals surface area contributed by atoms with Gasteiger partial charge >= 0.3 is 0 Å². The number of carbonyl (C=O) groups excluding carboxylic acids is 1. The van der Waals surface area contributed by atoms with Crippen LogP contribution < -0.4 is 10.1 Å². The molecule has 2 aromatic carbocycles. The SMILES string of the molecule is COc1ccc(C)cc1[C@H](C)Nc1ccc(C=O)cc1[N+](=O)[O-]. The van der Waals surface area contributed by atoms with Crippen LogP contribution in [0.1, 0.15) is 34.5 Å². The second-order valence-electron chi connectivity index (χ2n) is 5.26. The molecular formula is C17H18N2O4. The van der Waals surface area contributed by atoms with Gasteiger partial charge in [0.25, 0.3) is 5.69 Å². The summed E-state index contributed by atoms with van der Waals surface area (Å²) in [5, 5.41) is 14.3. The topological polar surface area (TPSA) is 81.5 Å². The number of carbonyl (C=O) groups is 1. The molecule has 1 atom stereocenters. The maximum Gasteiger partial charge on any atom is 0.293 e. The summed E-state index contributed by atoms with van der Waals surface area (Å²) in [5.74, 6) is 0.711. The van der Waals surface area contributed by atoms with Gasteiger partial charge in [-0.05, 0) is 32.0 Å². The maximum atomic E-state index is 11.2. The molecule has 0 saturated carbocycles. The van der Waals surface area contributed by atoms with Crippen LogP contribution in [0.2, 0.25) is 0 Å². The van der Waals surface area contributed by atoms with Gasteiger partial charge in [-0.1, -0.05) is 17.7 Å². The van der Waals surface area contributed by atoms with Crippen LogP contribution in [-0.4, -0.2) is 18.3 Å². The molecule has 23 heavy (non-hydrogen) atoms. The van der Waals surface area contributed by atoms with Crippen LogP contribution in [0, 0.1) is 17.0 Å². The standard InChI is InChI=1S/C17H18N2O4/c1-11-4-7-17(23-3)14(8-11)12(2)18-15-6-5-13(10-20)9-16(15)19(21)22/h4-10,12,18H,1-3H3/t12-/m0/s1. The highest BCUT2D eigenvalue weighted by Crippen LogP contribution is 2.32. The fourth-order valence-corrected chi connectivity index (χ4v) is 2.40. The van der Waals surface area contributed by atoms with Crippen LogP contribution in [0.3, 0.4) is 0 Å². The Balaban J connectivity index is 2.37. The van der Waals surface area contributed by atoms with Gasteiger partial charge in [0, 0.05) is 17.2 Å². The summed E-state index contributed by atoms with van der Waals surface area (Å²) in [7, 11) is 1.59. The Bertz CT molecular complexity index is 743. The lowest BCUT2D eigenvalue weighted by Gasteiger charge is -2.19. The van der Waals surface area contributed by atoms with E-state index in [2.05, 4.69) is 5.32 Å². The zero-order chi connectivity index (χ0) is 17.0. The molecule has 0 aliphatic rings. The van der Waals surface area contributed by atoms with Crippen molar-refractivity contribution in [3.63, 3.8) is 0 Å². The highest BCUT2D eigenvalue weighted by atomic mass is 16.6. The third-order valence-corrected chi connectivity index (χ3v) is 3.58. The summed E-state index contributed by atoms with van der Waals surface area (Å²) in [6.45, 7) is 3.87. The van der Waals surface area contributed by atoms with E-state index in [1.165, 1.54) is 6.07 Å². The molecule has 0 radical (unpaired) electrons. The van der Waals surface area contributed by atoms with Crippen molar-refractivity contribution in [1.29, 1.82) is 0 Å². The van der Waals surface area contributed by atoms with E-state index in [0.29, 0.717) is 17.7 Å². The van der Waals surface area contributed by atoms with E-state index in [9.17, 15) is 14.9 Å². The van der Waals surface area contributed by atoms with Gasteiger partial charge < -0.3 is 10.1 Å². The Morgan fingerprint density at radius 2 is 2.00 bits per heavy atom. The molecule has 2 rings (SSSR count). The first-order valence-corrected chi connectivity index (χ1v) is 7.11. The average Bonchev–Trinajstić information content (AvgIpc) is 2.54. The molecule has 0 aliphatic carbocycles.